The molecular weight excluding hydrogens is 240 g/mol. The largest absolute Gasteiger partial charge is 0.394 e. The lowest BCUT2D eigenvalue weighted by atomic mass is 9.98. The molecule has 4 heteroatoms. The second-order valence-electron chi connectivity index (χ2n) is 5.54. The van der Waals surface area contributed by atoms with Crippen molar-refractivity contribution in [3.05, 3.63) is 29.8 Å². The van der Waals surface area contributed by atoms with E-state index in [2.05, 4.69) is 5.32 Å². The third-order valence-corrected chi connectivity index (χ3v) is 3.87. The number of aliphatic hydroxyl groups excluding tert-OH is 1. The SMILES string of the molecule is CN(C)c1cccc(C(=O)NC2(CO)CCCC2)c1. The number of carbonyl (C=O) groups is 1. The molecule has 104 valence electrons. The van der Waals surface area contributed by atoms with Crippen LogP contribution in [0.25, 0.3) is 0 Å². The molecule has 1 aromatic carbocycles. The molecule has 19 heavy (non-hydrogen) atoms. The van der Waals surface area contributed by atoms with E-state index in [0.29, 0.717) is 5.56 Å². The van der Waals surface area contributed by atoms with E-state index >= 15 is 0 Å². The van der Waals surface area contributed by atoms with E-state index < -0.39 is 5.54 Å². The maximum absolute atomic E-state index is 12.3. The molecule has 1 fully saturated rings. The summed E-state index contributed by atoms with van der Waals surface area (Å²) >= 11 is 0. The van der Waals surface area contributed by atoms with Crippen molar-refractivity contribution in [1.82, 2.24) is 5.32 Å². The molecule has 0 bridgehead atoms. The van der Waals surface area contributed by atoms with Crippen molar-refractivity contribution in [2.45, 2.75) is 31.2 Å². The molecular formula is C15H22N2O2. The Hall–Kier alpha value is -1.55. The van der Waals surface area contributed by atoms with E-state index in [1.54, 1.807) is 0 Å². The number of amides is 1. The average Bonchev–Trinajstić information content (AvgIpc) is 2.88. The van der Waals surface area contributed by atoms with Crippen LogP contribution in [0.2, 0.25) is 0 Å². The first kappa shape index (κ1) is 13.9. The van der Waals surface area contributed by atoms with Gasteiger partial charge >= 0.3 is 0 Å². The highest BCUT2D eigenvalue weighted by molar-refractivity contribution is 5.95. The van der Waals surface area contributed by atoms with Gasteiger partial charge in [-0.1, -0.05) is 18.9 Å². The number of aliphatic hydroxyl groups is 1. The zero-order valence-corrected chi connectivity index (χ0v) is 11.6. The molecule has 0 heterocycles. The van der Waals surface area contributed by atoms with Crippen molar-refractivity contribution in [2.75, 3.05) is 25.6 Å². The molecule has 1 aliphatic rings. The van der Waals surface area contributed by atoms with Crippen LogP contribution < -0.4 is 10.2 Å². The van der Waals surface area contributed by atoms with E-state index in [1.165, 1.54) is 0 Å². The van der Waals surface area contributed by atoms with E-state index in [4.69, 9.17) is 0 Å². The van der Waals surface area contributed by atoms with Gasteiger partial charge in [0.05, 0.1) is 12.1 Å². The highest BCUT2D eigenvalue weighted by Gasteiger charge is 2.34. The van der Waals surface area contributed by atoms with Crippen LogP contribution in [0.5, 0.6) is 0 Å². The molecule has 4 nitrogen and oxygen atoms in total. The monoisotopic (exact) mass is 262 g/mol. The number of hydrogen-bond acceptors (Lipinski definition) is 3. The van der Waals surface area contributed by atoms with Gasteiger partial charge in [0.15, 0.2) is 0 Å². The van der Waals surface area contributed by atoms with Crippen LogP contribution in [0.4, 0.5) is 5.69 Å². The fourth-order valence-electron chi connectivity index (χ4n) is 2.61. The van der Waals surface area contributed by atoms with Gasteiger partial charge in [0.2, 0.25) is 0 Å². The van der Waals surface area contributed by atoms with Gasteiger partial charge in [0.1, 0.15) is 0 Å². The maximum atomic E-state index is 12.3. The minimum absolute atomic E-state index is 0.0200. The predicted molar refractivity (Wildman–Crippen MR) is 76.5 cm³/mol. The molecule has 0 spiro atoms. The Morgan fingerprint density at radius 1 is 1.37 bits per heavy atom. The molecule has 0 unspecified atom stereocenters. The summed E-state index contributed by atoms with van der Waals surface area (Å²) in [5, 5.41) is 12.5. The van der Waals surface area contributed by atoms with Crippen LogP contribution in [0, 0.1) is 0 Å². The summed E-state index contributed by atoms with van der Waals surface area (Å²) in [7, 11) is 3.90. The molecule has 0 saturated heterocycles. The van der Waals surface area contributed by atoms with Crippen molar-refractivity contribution in [3.8, 4) is 0 Å². The Kier molecular flexibility index (Phi) is 4.10. The summed E-state index contributed by atoms with van der Waals surface area (Å²) in [6.07, 6.45) is 3.86. The highest BCUT2D eigenvalue weighted by Crippen LogP contribution is 2.29. The lowest BCUT2D eigenvalue weighted by molar-refractivity contribution is 0.0838. The van der Waals surface area contributed by atoms with Gasteiger partial charge in [-0.3, -0.25) is 4.79 Å². The Bertz CT molecular complexity index is 451. The molecule has 1 aliphatic carbocycles. The summed E-state index contributed by atoms with van der Waals surface area (Å²) in [5.41, 5.74) is 1.23. The third-order valence-electron chi connectivity index (χ3n) is 3.87. The van der Waals surface area contributed by atoms with Crippen LogP contribution in [0.1, 0.15) is 36.0 Å². The normalized spacial score (nSPS) is 17.2. The summed E-state index contributed by atoms with van der Waals surface area (Å²) in [6, 6.07) is 7.52. The smallest absolute Gasteiger partial charge is 0.251 e. The van der Waals surface area contributed by atoms with Gasteiger partial charge in [0, 0.05) is 25.3 Å². The van der Waals surface area contributed by atoms with Gasteiger partial charge in [0.25, 0.3) is 5.91 Å². The molecule has 2 rings (SSSR count). The second kappa shape index (κ2) is 5.61. The van der Waals surface area contributed by atoms with Crippen LogP contribution in [-0.2, 0) is 0 Å². The first-order chi connectivity index (χ1) is 9.06. The Morgan fingerprint density at radius 2 is 2.05 bits per heavy atom. The minimum atomic E-state index is -0.412. The van der Waals surface area contributed by atoms with Gasteiger partial charge in [-0.2, -0.15) is 0 Å². The van der Waals surface area contributed by atoms with E-state index in [-0.39, 0.29) is 12.5 Å². The number of hydrogen-bond donors (Lipinski definition) is 2. The summed E-state index contributed by atoms with van der Waals surface area (Å²) in [4.78, 5) is 14.3. The fourth-order valence-corrected chi connectivity index (χ4v) is 2.61. The van der Waals surface area contributed by atoms with E-state index in [1.807, 2.05) is 43.3 Å². The molecule has 1 amide bonds. The minimum Gasteiger partial charge on any atom is -0.394 e. The Morgan fingerprint density at radius 3 is 2.63 bits per heavy atom. The zero-order chi connectivity index (χ0) is 13.9. The molecule has 0 aliphatic heterocycles. The molecule has 2 N–H and O–H groups in total. The number of anilines is 1. The van der Waals surface area contributed by atoms with Crippen molar-refractivity contribution in [1.29, 1.82) is 0 Å². The molecule has 1 aromatic rings. The van der Waals surface area contributed by atoms with Gasteiger partial charge in [-0.05, 0) is 31.0 Å². The van der Waals surface area contributed by atoms with Crippen LogP contribution in [0.3, 0.4) is 0 Å². The van der Waals surface area contributed by atoms with Crippen LogP contribution >= 0.6 is 0 Å². The van der Waals surface area contributed by atoms with Gasteiger partial charge in [-0.25, -0.2) is 0 Å². The number of nitrogens with zero attached hydrogens (tertiary/aromatic N) is 1. The summed E-state index contributed by atoms with van der Waals surface area (Å²) in [5.74, 6) is -0.0975. The van der Waals surface area contributed by atoms with Crippen molar-refractivity contribution in [2.24, 2.45) is 0 Å². The molecule has 0 atom stereocenters. The lowest BCUT2D eigenvalue weighted by Crippen LogP contribution is -2.49. The molecule has 0 aromatic heterocycles. The second-order valence-corrected chi connectivity index (χ2v) is 5.54. The number of carbonyl (C=O) groups excluding carboxylic acids is 1. The van der Waals surface area contributed by atoms with Crippen molar-refractivity contribution < 1.29 is 9.90 Å². The molecule has 0 radical (unpaired) electrons. The van der Waals surface area contributed by atoms with Crippen molar-refractivity contribution >= 4 is 11.6 Å². The first-order valence-corrected chi connectivity index (χ1v) is 6.77. The first-order valence-electron chi connectivity index (χ1n) is 6.77. The fraction of sp³-hybridized carbons (Fsp3) is 0.533. The highest BCUT2D eigenvalue weighted by atomic mass is 16.3. The van der Waals surface area contributed by atoms with Gasteiger partial charge in [-0.15, -0.1) is 0 Å². The standard InChI is InChI=1S/C15H22N2O2/c1-17(2)13-7-5-6-12(10-13)14(19)16-15(11-18)8-3-4-9-15/h5-7,10,18H,3-4,8-9,11H2,1-2H3,(H,16,19). The van der Waals surface area contributed by atoms with Crippen LogP contribution in [0.15, 0.2) is 24.3 Å². The average molecular weight is 262 g/mol. The predicted octanol–water partition coefficient (Wildman–Crippen LogP) is 1.79. The maximum Gasteiger partial charge on any atom is 0.251 e. The molecule has 1 saturated carbocycles. The van der Waals surface area contributed by atoms with E-state index in [0.717, 1.165) is 31.4 Å². The summed E-state index contributed by atoms with van der Waals surface area (Å²) < 4.78 is 0. The third kappa shape index (κ3) is 3.07. The Balaban J connectivity index is 2.13. The quantitative estimate of drug-likeness (QED) is 0.870. The topological polar surface area (TPSA) is 52.6 Å². The summed E-state index contributed by atoms with van der Waals surface area (Å²) in [6.45, 7) is 0.0200. The number of nitrogens with one attached hydrogen (secondary N) is 1. The van der Waals surface area contributed by atoms with Crippen LogP contribution in [-0.4, -0.2) is 37.3 Å². The van der Waals surface area contributed by atoms with Crippen molar-refractivity contribution in [3.63, 3.8) is 0 Å². The zero-order valence-electron chi connectivity index (χ0n) is 11.6. The van der Waals surface area contributed by atoms with E-state index in [9.17, 15) is 9.90 Å². The lowest BCUT2D eigenvalue weighted by Gasteiger charge is -2.28. The number of rotatable bonds is 4. The Labute approximate surface area is 114 Å². The van der Waals surface area contributed by atoms with Gasteiger partial charge < -0.3 is 15.3 Å². The number of benzene rings is 1.